The summed E-state index contributed by atoms with van der Waals surface area (Å²) in [7, 11) is 0. The van der Waals surface area contributed by atoms with E-state index >= 15 is 0 Å². The Morgan fingerprint density at radius 1 is 1.21 bits per heavy atom. The van der Waals surface area contributed by atoms with Gasteiger partial charge in [0.25, 0.3) is 0 Å². The van der Waals surface area contributed by atoms with Crippen LogP contribution in [0.2, 0.25) is 0 Å². The van der Waals surface area contributed by atoms with E-state index < -0.39 is 6.36 Å². The maximum absolute atomic E-state index is 12.4. The Morgan fingerprint density at radius 3 is 2.48 bits per heavy atom. The fraction of sp³-hybridized carbons (Fsp3) is 0.500. The van der Waals surface area contributed by atoms with E-state index in [4.69, 9.17) is 0 Å². The van der Waals surface area contributed by atoms with Gasteiger partial charge < -0.3 is 20.5 Å². The zero-order valence-electron chi connectivity index (χ0n) is 16.5. The van der Waals surface area contributed by atoms with Crippen LogP contribution in [0.25, 0.3) is 0 Å². The van der Waals surface area contributed by atoms with Crippen molar-refractivity contribution in [2.45, 2.75) is 51.9 Å². The first-order valence-corrected chi connectivity index (χ1v) is 9.54. The minimum atomic E-state index is -4.73. The fourth-order valence-corrected chi connectivity index (χ4v) is 2.88. The molecular weight excluding hydrogens is 385 g/mol. The van der Waals surface area contributed by atoms with Gasteiger partial charge in [-0.05, 0) is 49.4 Å². The molecule has 1 aromatic heterocycles. The van der Waals surface area contributed by atoms with Crippen LogP contribution in [0.15, 0.2) is 24.3 Å². The van der Waals surface area contributed by atoms with Gasteiger partial charge in [0.15, 0.2) is 0 Å². The number of halogens is 3. The lowest BCUT2D eigenvalue weighted by Crippen LogP contribution is -2.30. The third-order valence-electron chi connectivity index (χ3n) is 4.75. The van der Waals surface area contributed by atoms with Crippen LogP contribution in [-0.2, 0) is 0 Å². The van der Waals surface area contributed by atoms with E-state index in [0.29, 0.717) is 28.9 Å². The van der Waals surface area contributed by atoms with Crippen molar-refractivity contribution >= 4 is 17.5 Å². The summed E-state index contributed by atoms with van der Waals surface area (Å²) in [6.45, 7) is 5.63. The van der Waals surface area contributed by atoms with Crippen LogP contribution in [0.5, 0.6) is 5.75 Å². The van der Waals surface area contributed by atoms with Gasteiger partial charge >= 0.3 is 6.36 Å². The first-order chi connectivity index (χ1) is 13.6. The summed E-state index contributed by atoms with van der Waals surface area (Å²) in [6.07, 6.45) is -2.61. The van der Waals surface area contributed by atoms with Crippen molar-refractivity contribution in [2.75, 3.05) is 17.2 Å². The summed E-state index contributed by atoms with van der Waals surface area (Å²) in [6, 6.07) is 5.76. The molecule has 2 aromatic rings. The quantitative estimate of drug-likeness (QED) is 0.584. The normalized spacial score (nSPS) is 15.3. The predicted octanol–water partition coefficient (Wildman–Crippen LogP) is 4.73. The number of aliphatic hydroxyl groups is 1. The van der Waals surface area contributed by atoms with Crippen LogP contribution >= 0.6 is 0 Å². The average molecular weight is 410 g/mol. The van der Waals surface area contributed by atoms with Crippen LogP contribution < -0.4 is 15.4 Å². The lowest BCUT2D eigenvalue weighted by Gasteiger charge is -2.21. The van der Waals surface area contributed by atoms with Gasteiger partial charge in [0.05, 0.1) is 18.3 Å². The van der Waals surface area contributed by atoms with Crippen LogP contribution in [0.4, 0.5) is 30.6 Å². The molecule has 0 unspecified atom stereocenters. The molecule has 1 aliphatic carbocycles. The summed E-state index contributed by atoms with van der Waals surface area (Å²) >= 11 is 0. The molecule has 158 valence electrons. The Hall–Kier alpha value is -2.55. The molecule has 6 nitrogen and oxygen atoms in total. The molecule has 1 saturated carbocycles. The molecule has 1 aromatic carbocycles. The maximum atomic E-state index is 12.4. The molecule has 1 heterocycles. The molecule has 1 atom stereocenters. The molecular formula is C20H25F3N4O2. The van der Waals surface area contributed by atoms with E-state index in [1.165, 1.54) is 18.2 Å². The molecule has 0 aliphatic heterocycles. The minimum absolute atomic E-state index is 0.0444. The summed E-state index contributed by atoms with van der Waals surface area (Å²) in [4.78, 5) is 9.04. The standard InChI is InChI=1S/C20H25F3N4O2/c1-11(2)17(10-28)26-19-25-16(13-4-5-13)9-18(27-19)24-15-7-6-14(8-12(15)3)29-20(21,22)23/h6-9,11,13,17,28H,4-5,10H2,1-3H3,(H2,24,25,26,27)/t17-/m0/s1. The first kappa shape index (κ1) is 21.2. The monoisotopic (exact) mass is 410 g/mol. The van der Waals surface area contributed by atoms with Gasteiger partial charge in [0.2, 0.25) is 5.95 Å². The molecule has 0 radical (unpaired) electrons. The van der Waals surface area contributed by atoms with Crippen molar-refractivity contribution in [2.24, 2.45) is 5.92 Å². The highest BCUT2D eigenvalue weighted by Gasteiger charge is 2.31. The number of aliphatic hydroxyl groups excluding tert-OH is 1. The Bertz CT molecular complexity index is 854. The number of alkyl halides is 3. The number of aryl methyl sites for hydroxylation is 1. The van der Waals surface area contributed by atoms with E-state index in [0.717, 1.165) is 18.5 Å². The third kappa shape index (κ3) is 5.96. The molecule has 0 amide bonds. The minimum Gasteiger partial charge on any atom is -0.406 e. The Morgan fingerprint density at radius 2 is 1.93 bits per heavy atom. The number of nitrogens with one attached hydrogen (secondary N) is 2. The Balaban J connectivity index is 1.83. The van der Waals surface area contributed by atoms with Gasteiger partial charge in [-0.25, -0.2) is 4.98 Å². The van der Waals surface area contributed by atoms with Crippen molar-refractivity contribution < 1.29 is 23.0 Å². The zero-order chi connectivity index (χ0) is 21.2. The summed E-state index contributed by atoms with van der Waals surface area (Å²) < 4.78 is 41.2. The highest BCUT2D eigenvalue weighted by Crippen LogP contribution is 2.40. The van der Waals surface area contributed by atoms with E-state index in [-0.39, 0.29) is 24.3 Å². The summed E-state index contributed by atoms with van der Waals surface area (Å²) in [5, 5.41) is 15.9. The maximum Gasteiger partial charge on any atom is 0.573 e. The van der Waals surface area contributed by atoms with Gasteiger partial charge in [-0.15, -0.1) is 13.2 Å². The van der Waals surface area contributed by atoms with Crippen molar-refractivity contribution in [3.8, 4) is 5.75 Å². The number of aromatic nitrogens is 2. The largest absolute Gasteiger partial charge is 0.573 e. The van der Waals surface area contributed by atoms with Crippen molar-refractivity contribution in [1.82, 2.24) is 9.97 Å². The number of hydrogen-bond acceptors (Lipinski definition) is 6. The van der Waals surface area contributed by atoms with Gasteiger partial charge in [-0.3, -0.25) is 0 Å². The molecule has 1 aliphatic rings. The highest BCUT2D eigenvalue weighted by atomic mass is 19.4. The number of rotatable bonds is 8. The Kier molecular flexibility index (Phi) is 6.16. The molecule has 29 heavy (non-hydrogen) atoms. The SMILES string of the molecule is Cc1cc(OC(F)(F)F)ccc1Nc1cc(C2CC2)nc(N[C@@H](CO)C(C)C)n1. The van der Waals surface area contributed by atoms with Gasteiger partial charge in [0.1, 0.15) is 11.6 Å². The van der Waals surface area contributed by atoms with Gasteiger partial charge in [-0.2, -0.15) is 4.98 Å². The molecule has 0 bridgehead atoms. The fourth-order valence-electron chi connectivity index (χ4n) is 2.88. The third-order valence-corrected chi connectivity index (χ3v) is 4.75. The van der Waals surface area contributed by atoms with Crippen LogP contribution in [0.3, 0.4) is 0 Å². The number of benzene rings is 1. The lowest BCUT2D eigenvalue weighted by atomic mass is 10.1. The van der Waals surface area contributed by atoms with Crippen molar-refractivity contribution in [3.05, 3.63) is 35.5 Å². The van der Waals surface area contributed by atoms with Crippen molar-refractivity contribution in [1.29, 1.82) is 0 Å². The van der Waals surface area contributed by atoms with Crippen LogP contribution in [0.1, 0.15) is 43.9 Å². The molecule has 3 rings (SSSR count). The second kappa shape index (κ2) is 8.44. The Labute approximate surface area is 167 Å². The summed E-state index contributed by atoms with van der Waals surface area (Å²) in [5.74, 6) is 1.26. The molecule has 0 spiro atoms. The van der Waals surface area contributed by atoms with E-state index in [1.54, 1.807) is 6.92 Å². The summed E-state index contributed by atoms with van der Waals surface area (Å²) in [5.41, 5.74) is 2.11. The number of hydrogen-bond donors (Lipinski definition) is 3. The molecule has 0 saturated heterocycles. The predicted molar refractivity (Wildman–Crippen MR) is 104 cm³/mol. The average Bonchev–Trinajstić information content (AvgIpc) is 3.45. The van der Waals surface area contributed by atoms with Gasteiger partial charge in [0, 0.05) is 17.7 Å². The van der Waals surface area contributed by atoms with E-state index in [1.807, 2.05) is 19.9 Å². The number of nitrogens with zero attached hydrogens (tertiary/aromatic N) is 2. The van der Waals surface area contributed by atoms with E-state index in [2.05, 4.69) is 25.3 Å². The molecule has 9 heteroatoms. The first-order valence-electron chi connectivity index (χ1n) is 9.54. The van der Waals surface area contributed by atoms with Crippen LogP contribution in [-0.4, -0.2) is 34.1 Å². The van der Waals surface area contributed by atoms with Crippen LogP contribution in [0, 0.1) is 12.8 Å². The topological polar surface area (TPSA) is 79.3 Å². The zero-order valence-corrected chi connectivity index (χ0v) is 16.5. The molecule has 1 fully saturated rings. The van der Waals surface area contributed by atoms with Gasteiger partial charge in [-0.1, -0.05) is 13.8 Å². The second-order valence-corrected chi connectivity index (χ2v) is 7.60. The lowest BCUT2D eigenvalue weighted by molar-refractivity contribution is -0.274. The van der Waals surface area contributed by atoms with Crippen molar-refractivity contribution in [3.63, 3.8) is 0 Å². The number of anilines is 3. The second-order valence-electron chi connectivity index (χ2n) is 7.60. The van der Waals surface area contributed by atoms with E-state index in [9.17, 15) is 18.3 Å². The smallest absolute Gasteiger partial charge is 0.406 e. The molecule has 3 N–H and O–H groups in total. The highest BCUT2D eigenvalue weighted by molar-refractivity contribution is 5.63. The number of ether oxygens (including phenoxy) is 1.